The molecule has 1 aromatic heterocycles. The highest BCUT2D eigenvalue weighted by molar-refractivity contribution is 5.39. The molecule has 0 bridgehead atoms. The molecular weight excluding hydrogens is 380 g/mol. The van der Waals surface area contributed by atoms with Gasteiger partial charge in [-0.25, -0.2) is 4.79 Å². The summed E-state index contributed by atoms with van der Waals surface area (Å²) in [6, 6.07) is 3.39. The first kappa shape index (κ1) is 20.0. The van der Waals surface area contributed by atoms with Gasteiger partial charge >= 0.3 is 5.63 Å². The second kappa shape index (κ2) is 6.81. The fourth-order valence-electron chi connectivity index (χ4n) is 7.95. The van der Waals surface area contributed by atoms with Gasteiger partial charge in [0.05, 0.1) is 11.9 Å². The van der Waals surface area contributed by atoms with E-state index in [4.69, 9.17) is 9.15 Å². The molecule has 0 amide bonds. The molecule has 0 aliphatic heterocycles. The van der Waals surface area contributed by atoms with Gasteiger partial charge in [-0.2, -0.15) is 0 Å². The van der Waals surface area contributed by atoms with Gasteiger partial charge in [-0.05, 0) is 92.2 Å². The minimum Gasteiger partial charge on any atom is -0.460 e. The highest BCUT2D eigenvalue weighted by Gasteiger charge is 2.66. The number of ether oxygens (including phenoxy) is 1. The molecule has 1 aromatic rings. The molecule has 162 valence electrons. The SMILES string of the molecule is CC12CCC(OC=O)C=C1CCC1C2CCC2(C)C(c3ccc(=O)oc3)CCC12O. The largest absolute Gasteiger partial charge is 0.460 e. The van der Waals surface area contributed by atoms with Crippen LogP contribution in [0.25, 0.3) is 0 Å². The number of aliphatic hydroxyl groups is 1. The van der Waals surface area contributed by atoms with E-state index in [9.17, 15) is 14.7 Å². The lowest BCUT2D eigenvalue weighted by Gasteiger charge is -2.61. The van der Waals surface area contributed by atoms with Gasteiger partial charge in [0, 0.05) is 11.5 Å². The van der Waals surface area contributed by atoms with Crippen molar-refractivity contribution in [1.82, 2.24) is 0 Å². The van der Waals surface area contributed by atoms with E-state index in [0.717, 1.165) is 56.9 Å². The topological polar surface area (TPSA) is 76.7 Å². The van der Waals surface area contributed by atoms with Crippen LogP contribution in [-0.2, 0) is 9.53 Å². The molecule has 5 rings (SSSR count). The van der Waals surface area contributed by atoms with Crippen LogP contribution < -0.4 is 5.63 Å². The lowest BCUT2D eigenvalue weighted by Crippen LogP contribution is -2.60. The zero-order valence-corrected chi connectivity index (χ0v) is 17.9. The van der Waals surface area contributed by atoms with Crippen molar-refractivity contribution in [3.05, 3.63) is 46.0 Å². The van der Waals surface area contributed by atoms with Crippen LogP contribution in [0.4, 0.5) is 0 Å². The lowest BCUT2D eigenvalue weighted by atomic mass is 9.45. The van der Waals surface area contributed by atoms with Gasteiger partial charge < -0.3 is 14.3 Å². The molecule has 0 aromatic carbocycles. The summed E-state index contributed by atoms with van der Waals surface area (Å²) >= 11 is 0. The molecule has 5 nitrogen and oxygen atoms in total. The predicted octanol–water partition coefficient (Wildman–Crippen LogP) is 4.34. The average Bonchev–Trinajstić information content (AvgIpc) is 3.01. The van der Waals surface area contributed by atoms with Gasteiger partial charge in [-0.3, -0.25) is 4.79 Å². The maximum absolute atomic E-state index is 12.2. The minimum absolute atomic E-state index is 0.0837. The number of rotatable bonds is 3. The molecule has 7 unspecified atom stereocenters. The first-order valence-corrected chi connectivity index (χ1v) is 11.4. The van der Waals surface area contributed by atoms with Crippen molar-refractivity contribution in [2.45, 2.75) is 82.8 Å². The van der Waals surface area contributed by atoms with E-state index in [2.05, 4.69) is 19.9 Å². The Morgan fingerprint density at radius 1 is 1.10 bits per heavy atom. The summed E-state index contributed by atoms with van der Waals surface area (Å²) in [6.07, 6.45) is 11.4. The molecule has 3 saturated carbocycles. The molecule has 0 radical (unpaired) electrons. The van der Waals surface area contributed by atoms with E-state index in [1.807, 2.05) is 6.07 Å². The maximum Gasteiger partial charge on any atom is 0.335 e. The quantitative estimate of drug-likeness (QED) is 0.590. The number of carbonyl (C=O) groups excluding carboxylic acids is 1. The van der Waals surface area contributed by atoms with Crippen molar-refractivity contribution in [3.8, 4) is 0 Å². The summed E-state index contributed by atoms with van der Waals surface area (Å²) in [4.78, 5) is 22.2. The summed E-state index contributed by atoms with van der Waals surface area (Å²) < 4.78 is 10.4. The van der Waals surface area contributed by atoms with E-state index in [1.165, 1.54) is 11.6 Å². The van der Waals surface area contributed by atoms with Crippen LogP contribution in [0.2, 0.25) is 0 Å². The summed E-state index contributed by atoms with van der Waals surface area (Å²) in [5.74, 6) is 0.956. The maximum atomic E-state index is 12.2. The van der Waals surface area contributed by atoms with Gasteiger partial charge in [0.1, 0.15) is 6.10 Å². The van der Waals surface area contributed by atoms with Gasteiger partial charge in [0.25, 0.3) is 6.47 Å². The third-order valence-corrected chi connectivity index (χ3v) is 9.61. The second-order valence-electron chi connectivity index (χ2n) is 10.5. The Kier molecular flexibility index (Phi) is 4.55. The Morgan fingerprint density at radius 3 is 2.67 bits per heavy atom. The van der Waals surface area contributed by atoms with Crippen molar-refractivity contribution in [1.29, 1.82) is 0 Å². The zero-order valence-electron chi connectivity index (χ0n) is 17.9. The molecule has 0 spiro atoms. The van der Waals surface area contributed by atoms with Crippen LogP contribution in [0.15, 0.2) is 39.3 Å². The van der Waals surface area contributed by atoms with Gasteiger partial charge in [0.2, 0.25) is 0 Å². The Balaban J connectivity index is 1.47. The highest BCUT2D eigenvalue weighted by Crippen LogP contribution is 2.70. The Labute approximate surface area is 177 Å². The Bertz CT molecular complexity index is 913. The smallest absolute Gasteiger partial charge is 0.335 e. The highest BCUT2D eigenvalue weighted by atomic mass is 16.5. The van der Waals surface area contributed by atoms with Crippen LogP contribution in [-0.4, -0.2) is 23.3 Å². The first-order chi connectivity index (χ1) is 14.3. The van der Waals surface area contributed by atoms with Crippen LogP contribution in [0, 0.1) is 22.7 Å². The van der Waals surface area contributed by atoms with Crippen molar-refractivity contribution in [2.24, 2.45) is 22.7 Å². The second-order valence-corrected chi connectivity index (χ2v) is 10.5. The average molecular weight is 413 g/mol. The number of allylic oxidation sites excluding steroid dienone is 1. The molecule has 4 aliphatic rings. The van der Waals surface area contributed by atoms with Crippen molar-refractivity contribution >= 4 is 6.47 Å². The van der Waals surface area contributed by atoms with Gasteiger partial charge in [-0.1, -0.05) is 19.4 Å². The minimum atomic E-state index is -0.693. The van der Waals surface area contributed by atoms with Crippen LogP contribution in [0.3, 0.4) is 0 Å². The number of hydrogen-bond acceptors (Lipinski definition) is 5. The fourth-order valence-corrected chi connectivity index (χ4v) is 7.95. The lowest BCUT2D eigenvalue weighted by molar-refractivity contribution is -0.178. The van der Waals surface area contributed by atoms with E-state index in [1.54, 1.807) is 6.26 Å². The monoisotopic (exact) mass is 412 g/mol. The van der Waals surface area contributed by atoms with Crippen molar-refractivity contribution in [2.75, 3.05) is 0 Å². The summed E-state index contributed by atoms with van der Waals surface area (Å²) in [5.41, 5.74) is 1.33. The first-order valence-electron chi connectivity index (χ1n) is 11.4. The fraction of sp³-hybridized carbons (Fsp3) is 0.680. The van der Waals surface area contributed by atoms with Gasteiger partial charge in [-0.15, -0.1) is 0 Å². The predicted molar refractivity (Wildman–Crippen MR) is 112 cm³/mol. The molecule has 3 fully saturated rings. The van der Waals surface area contributed by atoms with Crippen LogP contribution in [0.5, 0.6) is 0 Å². The standard InChI is InChI=1S/C25H32O5/c1-23-10-7-18(30-15-26)13-17(23)4-5-21-20(23)8-11-24(2)19(9-12-25(21,24)28)16-3-6-22(27)29-14-16/h3,6,13-15,18-21,28H,4-5,7-12H2,1-2H3. The Hall–Kier alpha value is -1.88. The Morgan fingerprint density at radius 2 is 1.93 bits per heavy atom. The molecular formula is C25H32O5. The van der Waals surface area contributed by atoms with E-state index in [-0.39, 0.29) is 34.4 Å². The molecule has 5 heteroatoms. The summed E-state index contributed by atoms with van der Waals surface area (Å²) in [7, 11) is 0. The number of hydrogen-bond donors (Lipinski definition) is 1. The van der Waals surface area contributed by atoms with Crippen molar-refractivity contribution < 1.29 is 19.1 Å². The summed E-state index contributed by atoms with van der Waals surface area (Å²) in [6.45, 7) is 5.20. The molecule has 1 N–H and O–H groups in total. The molecule has 4 aliphatic carbocycles. The number of fused-ring (bicyclic) bond motifs is 5. The zero-order chi connectivity index (χ0) is 21.1. The van der Waals surface area contributed by atoms with E-state index >= 15 is 0 Å². The molecule has 30 heavy (non-hydrogen) atoms. The normalized spacial score (nSPS) is 45.0. The van der Waals surface area contributed by atoms with Crippen molar-refractivity contribution in [3.63, 3.8) is 0 Å². The van der Waals surface area contributed by atoms with E-state index in [0.29, 0.717) is 12.4 Å². The third-order valence-electron chi connectivity index (χ3n) is 9.61. The van der Waals surface area contributed by atoms with Crippen LogP contribution >= 0.6 is 0 Å². The third kappa shape index (κ3) is 2.63. The molecule has 7 atom stereocenters. The van der Waals surface area contributed by atoms with Gasteiger partial charge in [0.15, 0.2) is 0 Å². The number of carbonyl (C=O) groups is 1. The summed E-state index contributed by atoms with van der Waals surface area (Å²) in [5, 5.41) is 12.2. The molecule has 1 heterocycles. The van der Waals surface area contributed by atoms with Crippen LogP contribution in [0.1, 0.15) is 76.7 Å². The molecule has 0 saturated heterocycles. The van der Waals surface area contributed by atoms with E-state index < -0.39 is 5.60 Å².